The summed E-state index contributed by atoms with van der Waals surface area (Å²) in [5.41, 5.74) is 10.4. The quantitative estimate of drug-likeness (QED) is 0.752. The van der Waals surface area contributed by atoms with E-state index in [1.54, 1.807) is 23.1 Å². The Bertz CT molecular complexity index is 1110. The van der Waals surface area contributed by atoms with E-state index in [-0.39, 0.29) is 23.0 Å². The molecule has 2 aliphatic rings. The number of hydrogen-bond acceptors (Lipinski definition) is 4. The summed E-state index contributed by atoms with van der Waals surface area (Å²) >= 11 is 6.33. The highest BCUT2D eigenvalue weighted by atomic mass is 35.5. The molecule has 0 aromatic heterocycles. The molecule has 1 aliphatic carbocycles. The molecule has 1 aliphatic heterocycles. The van der Waals surface area contributed by atoms with Crippen molar-refractivity contribution in [2.45, 2.75) is 32.1 Å². The van der Waals surface area contributed by atoms with Crippen LogP contribution in [0, 0.1) is 24.1 Å². The van der Waals surface area contributed by atoms with Crippen molar-refractivity contribution in [1.82, 2.24) is 0 Å². The number of ketones is 1. The Morgan fingerprint density at radius 2 is 1.93 bits per heavy atom. The summed E-state index contributed by atoms with van der Waals surface area (Å²) in [5, 5.41) is 10.5. The van der Waals surface area contributed by atoms with Gasteiger partial charge in [-0.15, -0.1) is 0 Å². The van der Waals surface area contributed by atoms with Crippen LogP contribution < -0.4 is 10.6 Å². The minimum Gasteiger partial charge on any atom is -0.384 e. The van der Waals surface area contributed by atoms with Crippen LogP contribution in [0.4, 0.5) is 10.1 Å². The Balaban J connectivity index is 1.99. The standard InChI is InChI=1S/C23H19ClFN3O/c1-13-17(24)4-2-5-18(13)28-19-6-3-7-20(29)22(19)21(16(12-26)23(28)27)14-8-10-15(25)11-9-14/h2,4-5,8-11,21H,3,6-7,27H2,1H3/t21-/m0/s1. The fourth-order valence-corrected chi connectivity index (χ4v) is 4.36. The average Bonchev–Trinajstić information content (AvgIpc) is 2.71. The second kappa shape index (κ2) is 7.38. The van der Waals surface area contributed by atoms with Crippen LogP contribution in [0.1, 0.15) is 36.3 Å². The molecule has 2 aromatic rings. The van der Waals surface area contributed by atoms with Crippen LogP contribution in [0.5, 0.6) is 0 Å². The normalized spacial score (nSPS) is 19.3. The van der Waals surface area contributed by atoms with Crippen LogP contribution in [0.2, 0.25) is 5.02 Å². The van der Waals surface area contributed by atoms with Crippen molar-refractivity contribution in [1.29, 1.82) is 5.26 Å². The number of carbonyl (C=O) groups is 1. The molecule has 0 spiro atoms. The number of nitrogens with zero attached hydrogens (tertiary/aromatic N) is 2. The molecule has 4 rings (SSSR count). The minimum atomic E-state index is -0.598. The summed E-state index contributed by atoms with van der Waals surface area (Å²) in [6.07, 6.45) is 1.78. The number of Topliss-reactive ketones (excluding diaryl/α,β-unsaturated/α-hetero) is 1. The number of halogens is 2. The molecule has 0 amide bonds. The molecular formula is C23H19ClFN3O. The molecule has 146 valence electrons. The van der Waals surface area contributed by atoms with Gasteiger partial charge in [-0.25, -0.2) is 4.39 Å². The van der Waals surface area contributed by atoms with Gasteiger partial charge in [-0.2, -0.15) is 5.26 Å². The van der Waals surface area contributed by atoms with E-state index >= 15 is 0 Å². The van der Waals surface area contributed by atoms with Gasteiger partial charge in [0.05, 0.1) is 23.2 Å². The highest BCUT2D eigenvalue weighted by Crippen LogP contribution is 2.47. The lowest BCUT2D eigenvalue weighted by molar-refractivity contribution is -0.116. The van der Waals surface area contributed by atoms with Crippen molar-refractivity contribution in [2.24, 2.45) is 5.73 Å². The Labute approximate surface area is 173 Å². The molecule has 0 fully saturated rings. The van der Waals surface area contributed by atoms with E-state index in [1.165, 1.54) is 12.1 Å². The van der Waals surface area contributed by atoms with E-state index in [4.69, 9.17) is 17.3 Å². The van der Waals surface area contributed by atoms with Crippen molar-refractivity contribution < 1.29 is 9.18 Å². The lowest BCUT2D eigenvalue weighted by atomic mass is 9.75. The van der Waals surface area contributed by atoms with Gasteiger partial charge in [-0.05, 0) is 55.2 Å². The largest absolute Gasteiger partial charge is 0.384 e. The number of benzene rings is 2. The van der Waals surface area contributed by atoms with Crippen LogP contribution >= 0.6 is 11.6 Å². The van der Waals surface area contributed by atoms with E-state index in [0.29, 0.717) is 35.4 Å². The summed E-state index contributed by atoms with van der Waals surface area (Å²) in [6, 6.07) is 13.6. The van der Waals surface area contributed by atoms with E-state index in [1.807, 2.05) is 19.1 Å². The lowest BCUT2D eigenvalue weighted by Crippen LogP contribution is -2.39. The predicted octanol–water partition coefficient (Wildman–Crippen LogP) is 5.09. The monoisotopic (exact) mass is 407 g/mol. The van der Waals surface area contributed by atoms with Gasteiger partial charge in [0.25, 0.3) is 0 Å². The first kappa shape index (κ1) is 19.2. The molecule has 0 bridgehead atoms. The molecular weight excluding hydrogens is 389 g/mol. The number of rotatable bonds is 2. The van der Waals surface area contributed by atoms with Gasteiger partial charge >= 0.3 is 0 Å². The zero-order valence-corrected chi connectivity index (χ0v) is 16.6. The van der Waals surface area contributed by atoms with E-state index in [2.05, 4.69) is 6.07 Å². The number of nitrogens with two attached hydrogens (primary N) is 1. The summed E-state index contributed by atoms with van der Waals surface area (Å²) in [4.78, 5) is 14.8. The van der Waals surface area contributed by atoms with Gasteiger partial charge in [-0.3, -0.25) is 9.69 Å². The molecule has 6 heteroatoms. The molecule has 0 radical (unpaired) electrons. The summed E-state index contributed by atoms with van der Waals surface area (Å²) in [6.45, 7) is 1.88. The highest BCUT2D eigenvalue weighted by Gasteiger charge is 2.40. The molecule has 1 atom stereocenters. The summed E-state index contributed by atoms with van der Waals surface area (Å²) in [5.74, 6) is -0.703. The van der Waals surface area contributed by atoms with Crippen molar-refractivity contribution in [3.63, 3.8) is 0 Å². The maximum absolute atomic E-state index is 13.5. The van der Waals surface area contributed by atoms with Crippen molar-refractivity contribution in [2.75, 3.05) is 4.90 Å². The molecule has 2 aromatic carbocycles. The highest BCUT2D eigenvalue weighted by molar-refractivity contribution is 6.31. The Morgan fingerprint density at radius 1 is 1.21 bits per heavy atom. The Morgan fingerprint density at radius 3 is 2.62 bits per heavy atom. The maximum Gasteiger partial charge on any atom is 0.161 e. The Hall–Kier alpha value is -3.10. The number of hydrogen-bond donors (Lipinski definition) is 1. The second-order valence-electron chi connectivity index (χ2n) is 7.25. The average molecular weight is 408 g/mol. The van der Waals surface area contributed by atoms with Crippen LogP contribution in [-0.4, -0.2) is 5.78 Å². The maximum atomic E-state index is 13.5. The molecule has 0 saturated heterocycles. The van der Waals surface area contributed by atoms with Gasteiger partial charge in [-0.1, -0.05) is 29.8 Å². The van der Waals surface area contributed by atoms with Gasteiger partial charge < -0.3 is 5.73 Å². The molecule has 0 unspecified atom stereocenters. The van der Waals surface area contributed by atoms with Crippen LogP contribution in [0.25, 0.3) is 0 Å². The first-order valence-electron chi connectivity index (χ1n) is 9.40. The van der Waals surface area contributed by atoms with Crippen molar-refractivity contribution in [3.05, 3.63) is 87.1 Å². The van der Waals surface area contributed by atoms with Crippen molar-refractivity contribution >= 4 is 23.1 Å². The molecule has 1 heterocycles. The van der Waals surface area contributed by atoms with Crippen LogP contribution in [-0.2, 0) is 4.79 Å². The first-order chi connectivity index (χ1) is 13.9. The molecule has 4 nitrogen and oxygen atoms in total. The zero-order valence-electron chi connectivity index (χ0n) is 15.9. The summed E-state index contributed by atoms with van der Waals surface area (Å²) in [7, 11) is 0. The van der Waals surface area contributed by atoms with E-state index < -0.39 is 5.92 Å². The third-order valence-electron chi connectivity index (χ3n) is 5.60. The van der Waals surface area contributed by atoms with Crippen LogP contribution in [0.15, 0.2) is 65.1 Å². The predicted molar refractivity (Wildman–Crippen MR) is 111 cm³/mol. The van der Waals surface area contributed by atoms with E-state index in [0.717, 1.165) is 16.9 Å². The third-order valence-corrected chi connectivity index (χ3v) is 6.01. The molecule has 2 N–H and O–H groups in total. The topological polar surface area (TPSA) is 70.1 Å². The fraction of sp³-hybridized carbons (Fsp3) is 0.217. The van der Waals surface area contributed by atoms with Gasteiger partial charge in [0.15, 0.2) is 5.78 Å². The molecule has 0 saturated carbocycles. The van der Waals surface area contributed by atoms with Gasteiger partial charge in [0.1, 0.15) is 11.6 Å². The number of allylic oxidation sites excluding steroid dienone is 3. The lowest BCUT2D eigenvalue weighted by Gasteiger charge is -2.40. The zero-order chi connectivity index (χ0) is 20.7. The van der Waals surface area contributed by atoms with Gasteiger partial charge in [0.2, 0.25) is 0 Å². The van der Waals surface area contributed by atoms with Gasteiger partial charge in [0, 0.05) is 22.7 Å². The Kier molecular flexibility index (Phi) is 4.89. The van der Waals surface area contributed by atoms with Crippen molar-refractivity contribution in [3.8, 4) is 6.07 Å². The number of nitriles is 1. The molecule has 29 heavy (non-hydrogen) atoms. The fourth-order valence-electron chi connectivity index (χ4n) is 4.19. The summed E-state index contributed by atoms with van der Waals surface area (Å²) < 4.78 is 13.5. The second-order valence-corrected chi connectivity index (χ2v) is 7.66. The first-order valence-corrected chi connectivity index (χ1v) is 9.78. The SMILES string of the molecule is Cc1c(Cl)cccc1N1C(N)=C(C#N)[C@H](c2ccc(F)cc2)C2=C1CCCC2=O. The third kappa shape index (κ3) is 3.10. The smallest absolute Gasteiger partial charge is 0.161 e. The number of carbonyl (C=O) groups excluding carboxylic acids is 1. The van der Waals surface area contributed by atoms with Crippen LogP contribution in [0.3, 0.4) is 0 Å². The minimum absolute atomic E-state index is 0.00879. The number of anilines is 1. The van der Waals surface area contributed by atoms with E-state index in [9.17, 15) is 14.4 Å².